The lowest BCUT2D eigenvalue weighted by Gasteiger charge is -2.41. The number of aromatic nitrogens is 7. The molecule has 6 heterocycles. The van der Waals surface area contributed by atoms with Gasteiger partial charge in [0, 0.05) is 50.8 Å². The number of rotatable bonds is 8. The minimum absolute atomic E-state index is 0.0651. The lowest BCUT2D eigenvalue weighted by molar-refractivity contribution is 0.0321. The van der Waals surface area contributed by atoms with Crippen LogP contribution in [0.25, 0.3) is 22.1 Å². The number of ether oxygens (including phenoxy) is 2. The number of carbonyl (C=O) groups is 4. The Hall–Kier alpha value is -7.02. The minimum Gasteiger partial charge on any atom is -0.490 e. The second-order valence-corrected chi connectivity index (χ2v) is 14.4. The van der Waals surface area contributed by atoms with E-state index in [-0.39, 0.29) is 55.1 Å². The highest BCUT2D eigenvalue weighted by Crippen LogP contribution is 2.36. The average Bonchev–Trinajstić information content (AvgIpc) is 3.94. The molecule has 0 bridgehead atoms. The molecule has 0 saturated carbocycles. The lowest BCUT2D eigenvalue weighted by Crippen LogP contribution is -2.59. The summed E-state index contributed by atoms with van der Waals surface area (Å²) in [6, 6.07) is 7.93. The van der Waals surface area contributed by atoms with Gasteiger partial charge >= 0.3 is 0 Å². The largest absolute Gasteiger partial charge is 0.490 e. The molecule has 300 valence electrons. The molecule has 2 aliphatic rings. The Kier molecular flexibility index (Phi) is 9.67. The zero-order valence-corrected chi connectivity index (χ0v) is 32.3. The molecule has 19 heteroatoms. The van der Waals surface area contributed by atoms with Crippen LogP contribution in [0.1, 0.15) is 72.9 Å². The molecule has 8 rings (SSSR count). The lowest BCUT2D eigenvalue weighted by atomic mass is 9.83. The predicted molar refractivity (Wildman–Crippen MR) is 211 cm³/mol. The fourth-order valence-corrected chi connectivity index (χ4v) is 7.24. The van der Waals surface area contributed by atoms with E-state index in [4.69, 9.17) is 35.3 Å². The van der Waals surface area contributed by atoms with Crippen LogP contribution in [0.4, 0.5) is 11.9 Å². The first kappa shape index (κ1) is 37.9. The Bertz CT molecular complexity index is 2500. The van der Waals surface area contributed by atoms with E-state index >= 15 is 0 Å². The molecule has 4 amide bonds. The molecular formula is C39H42N12O7. The topological polar surface area (TPSA) is 254 Å². The van der Waals surface area contributed by atoms with Crippen molar-refractivity contribution in [1.82, 2.24) is 39.2 Å². The number of oxazole rings is 1. The van der Waals surface area contributed by atoms with Crippen molar-refractivity contribution in [3.8, 4) is 11.5 Å². The fourth-order valence-electron chi connectivity index (χ4n) is 7.24. The number of allylic oxidation sites excluding steroid dienone is 2. The van der Waals surface area contributed by atoms with Crippen LogP contribution in [-0.2, 0) is 26.1 Å². The third kappa shape index (κ3) is 6.88. The molecule has 7 N–H and O–H groups in total. The molecule has 0 aliphatic carbocycles. The van der Waals surface area contributed by atoms with Gasteiger partial charge in [0.2, 0.25) is 29.5 Å². The van der Waals surface area contributed by atoms with Gasteiger partial charge in [-0.1, -0.05) is 19.1 Å². The van der Waals surface area contributed by atoms with Crippen molar-refractivity contribution in [2.75, 3.05) is 36.9 Å². The van der Waals surface area contributed by atoms with Gasteiger partial charge in [-0.3, -0.25) is 34.5 Å². The number of hydrogen-bond acceptors (Lipinski definition) is 12. The predicted octanol–water partition coefficient (Wildman–Crippen LogP) is 3.09. The number of primary amides is 2. The molecule has 0 radical (unpaired) electrons. The normalized spacial score (nSPS) is 15.5. The monoisotopic (exact) mass is 790 g/mol. The maximum absolute atomic E-state index is 13.7. The van der Waals surface area contributed by atoms with Gasteiger partial charge in [-0.05, 0) is 50.6 Å². The molecule has 1 saturated heterocycles. The van der Waals surface area contributed by atoms with E-state index < -0.39 is 29.0 Å². The fraction of sp³-hybridized carbons (Fsp3) is 0.333. The maximum atomic E-state index is 13.7. The Morgan fingerprint density at radius 3 is 1.83 bits per heavy atom. The zero-order chi connectivity index (χ0) is 40.9. The van der Waals surface area contributed by atoms with E-state index in [2.05, 4.69) is 26.0 Å². The van der Waals surface area contributed by atoms with Gasteiger partial charge in [-0.2, -0.15) is 5.10 Å². The minimum atomic E-state index is -0.684. The number of hydrogen-bond donors (Lipinski definition) is 5. The average molecular weight is 791 g/mol. The third-order valence-corrected chi connectivity index (χ3v) is 10.2. The van der Waals surface area contributed by atoms with Gasteiger partial charge in [0.15, 0.2) is 5.89 Å². The van der Waals surface area contributed by atoms with Gasteiger partial charge in [0.25, 0.3) is 11.8 Å². The van der Waals surface area contributed by atoms with E-state index in [0.29, 0.717) is 82.6 Å². The molecule has 0 atom stereocenters. The van der Waals surface area contributed by atoms with Crippen molar-refractivity contribution in [2.24, 2.45) is 16.9 Å². The van der Waals surface area contributed by atoms with Crippen molar-refractivity contribution < 1.29 is 33.1 Å². The number of imidazole rings is 2. The number of nitrogens with two attached hydrogens (primary N) is 2. The van der Waals surface area contributed by atoms with Gasteiger partial charge in [0.05, 0.1) is 41.1 Å². The number of benzene rings is 2. The standard InChI is InChI=1S/C39H42N12O7/c1-5-24-32(58-21(4)43-24)36(55)47-38-45-26-13-23(34(41)53)15-29-31(26)50(38)10-8-7-9-49-30-25(44-37(49)46-35(54)27-11-20(3)48-51(27)6-2)12-22(33(40)52)14-28(30)56-18-39(19-57-29)16-42-17-39/h7-8,11-15,42H,5-6,9-10,16-19H2,1-4H3,(H2,40,52)(H2,41,53)(H,44,46,54)(H,45,47,55)/b8-7+. The van der Waals surface area contributed by atoms with E-state index in [1.807, 2.05) is 32.9 Å². The quantitative estimate of drug-likeness (QED) is 0.140. The summed E-state index contributed by atoms with van der Waals surface area (Å²) in [6.07, 6.45) is 4.17. The molecular weight excluding hydrogens is 749 g/mol. The SMILES string of the molecule is CCc1nc(C)oc1C(=O)Nc1nc2cc(C(N)=O)cc3c2n1C/C=C/Cn1c(NC(=O)c2cc(C)nn2CC)nc2cc(C(N)=O)cc(c21)OCC1(CNC1)CO3. The highest BCUT2D eigenvalue weighted by atomic mass is 16.5. The van der Waals surface area contributed by atoms with Crippen LogP contribution in [0, 0.1) is 19.3 Å². The molecule has 1 fully saturated rings. The summed E-state index contributed by atoms with van der Waals surface area (Å²) < 4.78 is 23.9. The second-order valence-electron chi connectivity index (χ2n) is 14.4. The first-order valence-corrected chi connectivity index (χ1v) is 18.8. The number of nitrogens with one attached hydrogen (secondary N) is 3. The third-order valence-electron chi connectivity index (χ3n) is 10.2. The van der Waals surface area contributed by atoms with Crippen LogP contribution < -0.4 is 36.9 Å². The highest BCUT2D eigenvalue weighted by molar-refractivity contribution is 6.05. The summed E-state index contributed by atoms with van der Waals surface area (Å²) in [5.74, 6) is -0.920. The summed E-state index contributed by atoms with van der Waals surface area (Å²) in [7, 11) is 0. The van der Waals surface area contributed by atoms with Crippen molar-refractivity contribution in [2.45, 2.75) is 53.8 Å². The van der Waals surface area contributed by atoms with Crippen LogP contribution in [-0.4, -0.2) is 83.8 Å². The van der Waals surface area contributed by atoms with Gasteiger partial charge in [-0.25, -0.2) is 15.0 Å². The van der Waals surface area contributed by atoms with Crippen LogP contribution in [0.15, 0.2) is 46.9 Å². The van der Waals surface area contributed by atoms with Crippen LogP contribution in [0.3, 0.4) is 0 Å². The van der Waals surface area contributed by atoms with Crippen LogP contribution in [0.2, 0.25) is 0 Å². The maximum Gasteiger partial charge on any atom is 0.295 e. The second kappa shape index (κ2) is 14.8. The molecule has 2 aromatic carbocycles. The summed E-state index contributed by atoms with van der Waals surface area (Å²) >= 11 is 0. The Morgan fingerprint density at radius 1 is 0.793 bits per heavy atom. The summed E-state index contributed by atoms with van der Waals surface area (Å²) in [5, 5.41) is 13.5. The van der Waals surface area contributed by atoms with Crippen molar-refractivity contribution in [3.05, 3.63) is 82.3 Å². The molecule has 2 aliphatic heterocycles. The number of amides is 4. The Labute approximate surface area is 330 Å². The van der Waals surface area contributed by atoms with Crippen molar-refractivity contribution in [1.29, 1.82) is 0 Å². The van der Waals surface area contributed by atoms with E-state index in [1.54, 1.807) is 51.1 Å². The van der Waals surface area contributed by atoms with E-state index in [0.717, 1.165) is 0 Å². The molecule has 6 aromatic rings. The van der Waals surface area contributed by atoms with Crippen molar-refractivity contribution >= 4 is 57.6 Å². The van der Waals surface area contributed by atoms with Gasteiger partial charge in [-0.15, -0.1) is 0 Å². The molecule has 4 aromatic heterocycles. The number of aryl methyl sites for hydroxylation is 4. The first-order valence-electron chi connectivity index (χ1n) is 18.8. The summed E-state index contributed by atoms with van der Waals surface area (Å²) in [4.78, 5) is 66.3. The van der Waals surface area contributed by atoms with Crippen molar-refractivity contribution in [3.63, 3.8) is 0 Å². The summed E-state index contributed by atoms with van der Waals surface area (Å²) in [5.41, 5.74) is 14.6. The number of anilines is 2. The van der Waals surface area contributed by atoms with Crippen LogP contribution >= 0.6 is 0 Å². The zero-order valence-electron chi connectivity index (χ0n) is 32.3. The van der Waals surface area contributed by atoms with Gasteiger partial charge in [0.1, 0.15) is 28.2 Å². The summed E-state index contributed by atoms with van der Waals surface area (Å²) in [6.45, 7) is 9.38. The molecule has 19 nitrogen and oxygen atoms in total. The van der Waals surface area contributed by atoms with E-state index in [1.165, 1.54) is 0 Å². The molecule has 0 unspecified atom stereocenters. The first-order chi connectivity index (χ1) is 27.9. The van der Waals surface area contributed by atoms with E-state index in [9.17, 15) is 19.2 Å². The molecule has 58 heavy (non-hydrogen) atoms. The number of nitrogens with zero attached hydrogens (tertiary/aromatic N) is 7. The molecule has 1 spiro atoms. The Balaban J connectivity index is 1.26. The van der Waals surface area contributed by atoms with Gasteiger partial charge < -0.3 is 39.8 Å². The van der Waals surface area contributed by atoms with Crippen LogP contribution in [0.5, 0.6) is 11.5 Å². The number of carbonyl (C=O) groups excluding carboxylic acids is 4. The smallest absolute Gasteiger partial charge is 0.295 e. The highest BCUT2D eigenvalue weighted by Gasteiger charge is 2.40. The Morgan fingerprint density at radius 2 is 1.34 bits per heavy atom.